The first-order valence-corrected chi connectivity index (χ1v) is 16.9. The lowest BCUT2D eigenvalue weighted by molar-refractivity contribution is -0.138. The van der Waals surface area contributed by atoms with Crippen LogP contribution >= 0.6 is 0 Å². The van der Waals surface area contributed by atoms with Crippen LogP contribution in [0.3, 0.4) is 0 Å². The van der Waals surface area contributed by atoms with Crippen molar-refractivity contribution in [1.29, 1.82) is 0 Å². The number of rotatable bonds is 18. The van der Waals surface area contributed by atoms with Gasteiger partial charge in [-0.2, -0.15) is 0 Å². The minimum atomic E-state index is -0.377. The Bertz CT molecular complexity index is 1710. The first-order chi connectivity index (χ1) is 24.5. The maximum absolute atomic E-state index is 11.0. The molecule has 0 unspecified atom stereocenters. The van der Waals surface area contributed by atoms with Crippen molar-refractivity contribution in [3.63, 3.8) is 0 Å². The number of carbonyl (C=O) groups is 2. The minimum absolute atomic E-state index is 0.375. The first-order valence-electron chi connectivity index (χ1n) is 16.9. The second-order valence-corrected chi connectivity index (χ2v) is 11.3. The normalized spacial score (nSPS) is 10.2. The number of esters is 2. The van der Waals surface area contributed by atoms with E-state index in [-0.39, 0.29) is 11.9 Å². The third kappa shape index (κ3) is 13.7. The van der Waals surface area contributed by atoms with E-state index in [0.717, 1.165) is 90.5 Å². The molecule has 1 heterocycles. The molecule has 3 aromatic carbocycles. The molecule has 0 aliphatic carbocycles. The first kappa shape index (κ1) is 37.0. The lowest BCUT2D eigenvalue weighted by atomic mass is 10.1. The summed E-state index contributed by atoms with van der Waals surface area (Å²) in [4.78, 5) is 31.1. The highest BCUT2D eigenvalue weighted by molar-refractivity contribution is 5.81. The maximum Gasteiger partial charge on any atom is 0.330 e. The van der Waals surface area contributed by atoms with E-state index in [1.165, 1.54) is 12.2 Å². The molecular formula is C42H42N2O6. The molecule has 0 aliphatic rings. The van der Waals surface area contributed by atoms with Crippen LogP contribution in [0, 0.1) is 23.7 Å². The van der Waals surface area contributed by atoms with Crippen LogP contribution in [0.5, 0.6) is 11.5 Å². The molecule has 0 saturated heterocycles. The van der Waals surface area contributed by atoms with Crippen LogP contribution in [-0.2, 0) is 19.1 Å². The van der Waals surface area contributed by atoms with Crippen LogP contribution in [0.25, 0.3) is 10.9 Å². The molecule has 4 aromatic rings. The number of hydrogen-bond acceptors (Lipinski definition) is 8. The highest BCUT2D eigenvalue weighted by atomic mass is 16.5. The standard InChI is InChI=1S/C42H42N2O6/c1-3-41(45)49-29-11-7-5-9-27-47-37-21-15-33(16-22-37)13-14-35-19-25-39-36(31-35)32-43-40(44-39)26-20-34-17-23-38(24-18-34)48-28-10-6-8-12-30-50-42(46)4-2/h3-4,15-19,21-25,31-32H,1-2,5-12,27-30H2. The van der Waals surface area contributed by atoms with E-state index >= 15 is 0 Å². The molecule has 0 atom stereocenters. The van der Waals surface area contributed by atoms with E-state index in [9.17, 15) is 9.59 Å². The molecule has 0 N–H and O–H groups in total. The summed E-state index contributed by atoms with van der Waals surface area (Å²) < 4.78 is 21.6. The van der Waals surface area contributed by atoms with Crippen LogP contribution in [0.15, 0.2) is 98.2 Å². The molecular weight excluding hydrogens is 628 g/mol. The summed E-state index contributed by atoms with van der Waals surface area (Å²) in [6.07, 6.45) is 11.6. The fourth-order valence-corrected chi connectivity index (χ4v) is 4.67. The molecule has 8 heteroatoms. The predicted octanol–water partition coefficient (Wildman–Crippen LogP) is 7.77. The zero-order valence-corrected chi connectivity index (χ0v) is 28.3. The van der Waals surface area contributed by atoms with Gasteiger partial charge < -0.3 is 18.9 Å². The van der Waals surface area contributed by atoms with Gasteiger partial charge in [0.1, 0.15) is 11.5 Å². The van der Waals surface area contributed by atoms with Gasteiger partial charge >= 0.3 is 11.9 Å². The minimum Gasteiger partial charge on any atom is -0.494 e. The molecule has 0 amide bonds. The smallest absolute Gasteiger partial charge is 0.330 e. The number of nitrogens with zero attached hydrogens (tertiary/aromatic N) is 2. The lowest BCUT2D eigenvalue weighted by Crippen LogP contribution is -2.02. The molecule has 0 aliphatic heterocycles. The van der Waals surface area contributed by atoms with Gasteiger partial charge in [0.25, 0.3) is 0 Å². The quantitative estimate of drug-likeness (QED) is 0.0459. The number of hydrogen-bond donors (Lipinski definition) is 0. The van der Waals surface area contributed by atoms with Gasteiger partial charge in [0.15, 0.2) is 0 Å². The Morgan fingerprint density at radius 2 is 1.04 bits per heavy atom. The zero-order valence-electron chi connectivity index (χ0n) is 28.3. The second-order valence-electron chi connectivity index (χ2n) is 11.3. The van der Waals surface area contributed by atoms with E-state index in [4.69, 9.17) is 18.9 Å². The molecule has 256 valence electrons. The summed E-state index contributed by atoms with van der Waals surface area (Å²) in [6.45, 7) is 8.88. The zero-order chi connectivity index (χ0) is 35.2. The molecule has 8 nitrogen and oxygen atoms in total. The summed E-state index contributed by atoms with van der Waals surface area (Å²) in [5.74, 6) is 13.9. The highest BCUT2D eigenvalue weighted by Crippen LogP contribution is 2.16. The van der Waals surface area contributed by atoms with E-state index in [1.54, 1.807) is 6.20 Å². The molecule has 4 rings (SSSR count). The summed E-state index contributed by atoms with van der Waals surface area (Å²) in [5, 5.41) is 0.890. The molecule has 50 heavy (non-hydrogen) atoms. The van der Waals surface area contributed by atoms with E-state index in [2.05, 4.69) is 46.8 Å². The van der Waals surface area contributed by atoms with Crippen molar-refractivity contribution in [2.45, 2.75) is 51.4 Å². The van der Waals surface area contributed by atoms with Crippen LogP contribution in [0.1, 0.15) is 73.9 Å². The Kier molecular flexibility index (Phi) is 15.7. The van der Waals surface area contributed by atoms with Crippen molar-refractivity contribution in [3.05, 3.63) is 121 Å². The largest absolute Gasteiger partial charge is 0.494 e. The highest BCUT2D eigenvalue weighted by Gasteiger charge is 2.02. The Morgan fingerprint density at radius 1 is 0.580 bits per heavy atom. The number of unbranched alkanes of at least 4 members (excludes halogenated alkanes) is 6. The Hall–Kier alpha value is -5.86. The third-order valence-corrected chi connectivity index (χ3v) is 7.40. The van der Waals surface area contributed by atoms with Crippen molar-refractivity contribution in [2.75, 3.05) is 26.4 Å². The van der Waals surface area contributed by atoms with Crippen molar-refractivity contribution in [2.24, 2.45) is 0 Å². The van der Waals surface area contributed by atoms with Gasteiger partial charge in [0, 0.05) is 40.4 Å². The molecule has 0 spiro atoms. The van der Waals surface area contributed by atoms with Gasteiger partial charge in [-0.25, -0.2) is 19.6 Å². The number of aromatic nitrogens is 2. The average Bonchev–Trinajstić information content (AvgIpc) is 3.15. The average molecular weight is 671 g/mol. The van der Waals surface area contributed by atoms with Crippen LogP contribution < -0.4 is 9.47 Å². The molecule has 0 saturated carbocycles. The fourth-order valence-electron chi connectivity index (χ4n) is 4.67. The van der Waals surface area contributed by atoms with Crippen molar-refractivity contribution in [3.8, 4) is 35.2 Å². The fraction of sp³-hybridized carbons (Fsp3) is 0.286. The molecule has 0 bridgehead atoms. The SMILES string of the molecule is C=CC(=O)OCCCCCCOc1ccc(C#Cc2ccc3nc(C#Cc4ccc(OCCCCCCOC(=O)C=C)cc4)ncc3c2)cc1. The van der Waals surface area contributed by atoms with Crippen molar-refractivity contribution >= 4 is 22.8 Å². The van der Waals surface area contributed by atoms with Crippen LogP contribution in [0.4, 0.5) is 0 Å². The van der Waals surface area contributed by atoms with Crippen LogP contribution in [-0.4, -0.2) is 48.3 Å². The van der Waals surface area contributed by atoms with Gasteiger partial charge in [-0.05, 0) is 124 Å². The molecule has 0 fully saturated rings. The Balaban J connectivity index is 1.18. The van der Waals surface area contributed by atoms with Gasteiger partial charge in [-0.1, -0.05) is 30.9 Å². The Morgan fingerprint density at radius 3 is 1.56 bits per heavy atom. The van der Waals surface area contributed by atoms with Crippen molar-refractivity contribution < 1.29 is 28.5 Å². The Labute approximate surface area is 294 Å². The topological polar surface area (TPSA) is 96.8 Å². The number of carbonyl (C=O) groups excluding carboxylic acids is 2. The number of benzene rings is 3. The van der Waals surface area contributed by atoms with Gasteiger partial charge in [-0.15, -0.1) is 0 Å². The summed E-state index contributed by atoms with van der Waals surface area (Å²) in [6, 6.07) is 21.3. The van der Waals surface area contributed by atoms with Gasteiger partial charge in [0.2, 0.25) is 5.82 Å². The van der Waals surface area contributed by atoms with Crippen molar-refractivity contribution in [1.82, 2.24) is 9.97 Å². The van der Waals surface area contributed by atoms with E-state index < -0.39 is 0 Å². The summed E-state index contributed by atoms with van der Waals surface area (Å²) >= 11 is 0. The van der Waals surface area contributed by atoms with Gasteiger partial charge in [0.05, 0.1) is 31.9 Å². The molecule has 0 radical (unpaired) electrons. The maximum atomic E-state index is 11.0. The third-order valence-electron chi connectivity index (χ3n) is 7.40. The summed E-state index contributed by atoms with van der Waals surface area (Å²) in [7, 11) is 0. The van der Waals surface area contributed by atoms with E-state index in [0.29, 0.717) is 32.3 Å². The summed E-state index contributed by atoms with van der Waals surface area (Å²) in [5.41, 5.74) is 3.41. The second kappa shape index (κ2) is 21.2. The monoisotopic (exact) mass is 670 g/mol. The number of ether oxygens (including phenoxy) is 4. The predicted molar refractivity (Wildman–Crippen MR) is 195 cm³/mol. The van der Waals surface area contributed by atoms with Gasteiger partial charge in [-0.3, -0.25) is 0 Å². The molecule has 1 aromatic heterocycles. The number of fused-ring (bicyclic) bond motifs is 1. The van der Waals surface area contributed by atoms with Crippen LogP contribution in [0.2, 0.25) is 0 Å². The lowest BCUT2D eigenvalue weighted by Gasteiger charge is -2.06. The van der Waals surface area contributed by atoms with E-state index in [1.807, 2.05) is 66.7 Å².